The number of rotatable bonds is 10. The first-order valence-electron chi connectivity index (χ1n) is 8.95. The molecule has 1 fully saturated rings. The van der Waals surface area contributed by atoms with Crippen LogP contribution in [0.3, 0.4) is 0 Å². The highest BCUT2D eigenvalue weighted by Crippen LogP contribution is 2.26. The fraction of sp³-hybridized carbons (Fsp3) is 0.632. The van der Waals surface area contributed by atoms with Crippen LogP contribution in [0.1, 0.15) is 18.4 Å². The predicted octanol–water partition coefficient (Wildman–Crippen LogP) is 3.14. The first-order valence-corrected chi connectivity index (χ1v) is 10.2. The molecular weight excluding hydrogens is 459 g/mol. The molecule has 0 atom stereocenters. The molecule has 0 bridgehead atoms. The average Bonchev–Trinajstić information content (AvgIpc) is 3.47. The van der Waals surface area contributed by atoms with Gasteiger partial charge in [0.15, 0.2) is 5.96 Å². The van der Waals surface area contributed by atoms with Crippen LogP contribution in [0.25, 0.3) is 0 Å². The number of benzene rings is 1. The minimum atomic E-state index is 0. The Labute approximate surface area is 180 Å². The lowest BCUT2D eigenvalue weighted by Crippen LogP contribution is -2.43. The predicted molar refractivity (Wildman–Crippen MR) is 123 cm³/mol. The molecule has 1 aliphatic rings. The maximum Gasteiger partial charge on any atom is 0.193 e. The molecule has 0 aromatic heterocycles. The number of halogens is 1. The van der Waals surface area contributed by atoms with Gasteiger partial charge in [0, 0.05) is 58.3 Å². The number of hydrogen-bond acceptors (Lipinski definition) is 4. The first-order chi connectivity index (χ1) is 12.2. The summed E-state index contributed by atoms with van der Waals surface area (Å²) in [7, 11) is 5.70. The van der Waals surface area contributed by atoms with Crippen LogP contribution in [-0.2, 0) is 11.3 Å². The van der Waals surface area contributed by atoms with Gasteiger partial charge in [0.05, 0.1) is 6.61 Å². The van der Waals surface area contributed by atoms with Gasteiger partial charge in [-0.2, -0.15) is 0 Å². The van der Waals surface area contributed by atoms with Gasteiger partial charge in [-0.05, 0) is 36.8 Å². The molecule has 1 aromatic rings. The fourth-order valence-corrected chi connectivity index (χ4v) is 3.31. The molecule has 0 radical (unpaired) electrons. The summed E-state index contributed by atoms with van der Waals surface area (Å²) in [6.07, 6.45) is 4.75. The molecule has 7 heteroatoms. The zero-order valence-corrected chi connectivity index (χ0v) is 19.5. The maximum atomic E-state index is 5.22. The van der Waals surface area contributed by atoms with Gasteiger partial charge < -0.3 is 15.0 Å². The Balaban J connectivity index is 0.00000338. The Hall–Kier alpha value is -0.510. The number of nitrogens with zero attached hydrogens (tertiary/aromatic N) is 3. The molecule has 0 unspecified atom stereocenters. The molecule has 5 nitrogen and oxygen atoms in total. The van der Waals surface area contributed by atoms with Crippen molar-refractivity contribution in [2.45, 2.75) is 30.3 Å². The Kier molecular flexibility index (Phi) is 11.6. The summed E-state index contributed by atoms with van der Waals surface area (Å²) in [4.78, 5) is 10.4. The van der Waals surface area contributed by atoms with Crippen molar-refractivity contribution >= 4 is 41.7 Å². The third-order valence-electron chi connectivity index (χ3n) is 4.48. The van der Waals surface area contributed by atoms with Crippen LogP contribution in [0.15, 0.2) is 34.2 Å². The summed E-state index contributed by atoms with van der Waals surface area (Å²) < 4.78 is 5.22. The van der Waals surface area contributed by atoms with E-state index in [0.717, 1.165) is 44.8 Å². The molecule has 0 amide bonds. The number of ether oxygens (including phenoxy) is 1. The minimum Gasteiger partial charge on any atom is -0.383 e. The second-order valence-electron chi connectivity index (χ2n) is 6.44. The zero-order chi connectivity index (χ0) is 18.1. The summed E-state index contributed by atoms with van der Waals surface area (Å²) in [5, 5.41) is 3.49. The molecular formula is C19H33IN4OS. The van der Waals surface area contributed by atoms with Crippen molar-refractivity contribution in [2.24, 2.45) is 4.99 Å². The van der Waals surface area contributed by atoms with E-state index >= 15 is 0 Å². The van der Waals surface area contributed by atoms with E-state index in [9.17, 15) is 0 Å². The van der Waals surface area contributed by atoms with E-state index in [1.807, 2.05) is 7.05 Å². The summed E-state index contributed by atoms with van der Waals surface area (Å²) in [5.41, 5.74) is 1.29. The van der Waals surface area contributed by atoms with Crippen molar-refractivity contribution in [3.05, 3.63) is 29.8 Å². The number of thioether (sulfide) groups is 1. The maximum absolute atomic E-state index is 5.22. The molecule has 0 heterocycles. The molecule has 0 aliphatic heterocycles. The second-order valence-corrected chi connectivity index (χ2v) is 7.32. The van der Waals surface area contributed by atoms with Gasteiger partial charge in [-0.15, -0.1) is 35.7 Å². The second kappa shape index (κ2) is 12.8. The van der Waals surface area contributed by atoms with Gasteiger partial charge in [0.2, 0.25) is 0 Å². The molecule has 1 aliphatic carbocycles. The summed E-state index contributed by atoms with van der Waals surface area (Å²) in [5.74, 6) is 0.941. The van der Waals surface area contributed by atoms with E-state index in [1.54, 1.807) is 18.9 Å². The largest absolute Gasteiger partial charge is 0.383 e. The standard InChI is InChI=1S/C19H32N4OS.HI/c1-20-19(21-11-12-23(13-14-24-3)17-7-8-17)22(2)15-16-5-9-18(25-4)10-6-16;/h5-6,9-10,17H,7-8,11-15H2,1-4H3,(H,20,21);1H. The molecule has 2 rings (SSSR count). The van der Waals surface area contributed by atoms with E-state index in [2.05, 4.69) is 57.7 Å². The van der Waals surface area contributed by atoms with Crippen LogP contribution in [0.4, 0.5) is 0 Å². The van der Waals surface area contributed by atoms with Gasteiger partial charge >= 0.3 is 0 Å². The van der Waals surface area contributed by atoms with Crippen LogP contribution in [0.5, 0.6) is 0 Å². The van der Waals surface area contributed by atoms with Crippen LogP contribution >= 0.6 is 35.7 Å². The Morgan fingerprint density at radius 3 is 2.50 bits per heavy atom. The quantitative estimate of drug-likeness (QED) is 0.235. The van der Waals surface area contributed by atoms with E-state index < -0.39 is 0 Å². The lowest BCUT2D eigenvalue weighted by Gasteiger charge is -2.25. The summed E-state index contributed by atoms with van der Waals surface area (Å²) in [6.45, 7) is 4.60. The molecule has 0 saturated heterocycles. The Morgan fingerprint density at radius 1 is 1.27 bits per heavy atom. The van der Waals surface area contributed by atoms with Crippen molar-refractivity contribution in [2.75, 3.05) is 53.7 Å². The van der Waals surface area contributed by atoms with E-state index in [1.165, 1.54) is 23.3 Å². The highest BCUT2D eigenvalue weighted by atomic mass is 127. The highest BCUT2D eigenvalue weighted by Gasteiger charge is 2.28. The Bertz CT molecular complexity index is 537. The van der Waals surface area contributed by atoms with Gasteiger partial charge in [-0.1, -0.05) is 12.1 Å². The van der Waals surface area contributed by atoms with Gasteiger partial charge in [0.1, 0.15) is 0 Å². The van der Waals surface area contributed by atoms with Crippen molar-refractivity contribution in [1.82, 2.24) is 15.1 Å². The third kappa shape index (κ3) is 8.02. The van der Waals surface area contributed by atoms with Crippen molar-refractivity contribution in [3.8, 4) is 0 Å². The van der Waals surface area contributed by atoms with Crippen molar-refractivity contribution in [3.63, 3.8) is 0 Å². The van der Waals surface area contributed by atoms with Crippen LogP contribution in [0.2, 0.25) is 0 Å². The van der Waals surface area contributed by atoms with Gasteiger partial charge in [-0.3, -0.25) is 9.89 Å². The molecule has 26 heavy (non-hydrogen) atoms. The first kappa shape index (κ1) is 23.5. The highest BCUT2D eigenvalue weighted by molar-refractivity contribution is 14.0. The molecule has 1 aromatic carbocycles. The van der Waals surface area contributed by atoms with E-state index in [-0.39, 0.29) is 24.0 Å². The monoisotopic (exact) mass is 492 g/mol. The molecule has 0 spiro atoms. The smallest absolute Gasteiger partial charge is 0.193 e. The number of methoxy groups -OCH3 is 1. The number of guanidine groups is 1. The summed E-state index contributed by atoms with van der Waals surface area (Å²) in [6, 6.07) is 9.48. The van der Waals surface area contributed by atoms with Crippen LogP contribution in [0, 0.1) is 0 Å². The summed E-state index contributed by atoms with van der Waals surface area (Å²) >= 11 is 1.77. The minimum absolute atomic E-state index is 0. The molecule has 1 saturated carbocycles. The molecule has 148 valence electrons. The van der Waals surface area contributed by atoms with Crippen LogP contribution < -0.4 is 5.32 Å². The van der Waals surface area contributed by atoms with E-state index in [0.29, 0.717) is 0 Å². The average molecular weight is 492 g/mol. The van der Waals surface area contributed by atoms with Crippen molar-refractivity contribution in [1.29, 1.82) is 0 Å². The number of aliphatic imine (C=N–C) groups is 1. The SMILES string of the molecule is CN=C(NCCN(CCOC)C1CC1)N(C)Cc1ccc(SC)cc1.I. The Morgan fingerprint density at radius 2 is 1.96 bits per heavy atom. The lowest BCUT2D eigenvalue weighted by molar-refractivity contribution is 0.144. The topological polar surface area (TPSA) is 40.1 Å². The van der Waals surface area contributed by atoms with E-state index in [4.69, 9.17) is 4.74 Å². The van der Waals surface area contributed by atoms with Gasteiger partial charge in [-0.25, -0.2) is 0 Å². The van der Waals surface area contributed by atoms with Crippen molar-refractivity contribution < 1.29 is 4.74 Å². The normalized spacial score (nSPS) is 14.3. The van der Waals surface area contributed by atoms with Gasteiger partial charge in [0.25, 0.3) is 0 Å². The fourth-order valence-electron chi connectivity index (χ4n) is 2.90. The number of hydrogen-bond donors (Lipinski definition) is 1. The number of nitrogens with one attached hydrogen (secondary N) is 1. The van der Waals surface area contributed by atoms with Crippen LogP contribution in [-0.4, -0.2) is 75.5 Å². The lowest BCUT2D eigenvalue weighted by atomic mass is 10.2. The molecule has 1 N–H and O–H groups in total. The third-order valence-corrected chi connectivity index (χ3v) is 5.22. The zero-order valence-electron chi connectivity index (χ0n) is 16.4.